The number of carboxylic acid groups (broad SMARTS) is 1. The first-order chi connectivity index (χ1) is 16.0. The van der Waals surface area contributed by atoms with Crippen LogP contribution in [0.3, 0.4) is 0 Å². The Morgan fingerprint density at radius 1 is 0.941 bits per heavy atom. The van der Waals surface area contributed by atoms with E-state index in [0.29, 0.717) is 5.56 Å². The molecule has 0 aromatic heterocycles. The Bertz CT molecular complexity index is 854. The van der Waals surface area contributed by atoms with Crippen molar-refractivity contribution in [1.29, 1.82) is 0 Å². The lowest BCUT2D eigenvalue weighted by Gasteiger charge is -2.25. The first-order valence-corrected chi connectivity index (χ1v) is 11.0. The SMILES string of the molecule is CCOC(=O)Oc1ccc(C(CC(C)OC(=O)CC(C)C)[C@H](N)C(=O)O)cc1OC(=O)OCC. The molecule has 1 rings (SSSR count). The highest BCUT2D eigenvalue weighted by atomic mass is 16.7. The predicted molar refractivity (Wildman–Crippen MR) is 120 cm³/mol. The third kappa shape index (κ3) is 9.65. The molecule has 0 bridgehead atoms. The van der Waals surface area contributed by atoms with Crippen molar-refractivity contribution in [2.45, 2.75) is 65.5 Å². The van der Waals surface area contributed by atoms with Gasteiger partial charge >= 0.3 is 24.2 Å². The molecule has 0 aliphatic rings. The highest BCUT2D eigenvalue weighted by Crippen LogP contribution is 2.35. The molecule has 0 fully saturated rings. The summed E-state index contributed by atoms with van der Waals surface area (Å²) in [6.07, 6.45) is -2.42. The minimum Gasteiger partial charge on any atom is -0.480 e. The van der Waals surface area contributed by atoms with Crippen molar-refractivity contribution >= 4 is 24.2 Å². The lowest BCUT2D eigenvalue weighted by molar-refractivity contribution is -0.149. The van der Waals surface area contributed by atoms with Crippen LogP contribution in [0.5, 0.6) is 11.5 Å². The van der Waals surface area contributed by atoms with Gasteiger partial charge < -0.3 is 34.5 Å². The molecule has 2 unspecified atom stereocenters. The van der Waals surface area contributed by atoms with E-state index in [0.717, 1.165) is 0 Å². The zero-order valence-electron chi connectivity index (χ0n) is 20.1. The quantitative estimate of drug-likeness (QED) is 0.254. The lowest BCUT2D eigenvalue weighted by atomic mass is 9.87. The van der Waals surface area contributed by atoms with Crippen molar-refractivity contribution in [3.63, 3.8) is 0 Å². The fourth-order valence-corrected chi connectivity index (χ4v) is 3.07. The summed E-state index contributed by atoms with van der Waals surface area (Å²) in [5.41, 5.74) is 6.29. The molecule has 3 N–H and O–H groups in total. The number of aliphatic carboxylic acids is 1. The number of hydrogen-bond donors (Lipinski definition) is 2. The van der Waals surface area contributed by atoms with Crippen molar-refractivity contribution in [3.8, 4) is 11.5 Å². The summed E-state index contributed by atoms with van der Waals surface area (Å²) in [4.78, 5) is 47.3. The normalized spacial score (nSPS) is 13.4. The zero-order chi connectivity index (χ0) is 25.8. The van der Waals surface area contributed by atoms with Gasteiger partial charge in [0.2, 0.25) is 0 Å². The van der Waals surface area contributed by atoms with Crippen LogP contribution in [0.1, 0.15) is 58.9 Å². The van der Waals surface area contributed by atoms with Gasteiger partial charge in [-0.1, -0.05) is 19.9 Å². The number of rotatable bonds is 12. The van der Waals surface area contributed by atoms with E-state index in [-0.39, 0.29) is 43.5 Å². The first-order valence-electron chi connectivity index (χ1n) is 11.0. The molecular weight excluding hydrogens is 450 g/mol. The van der Waals surface area contributed by atoms with Crippen LogP contribution >= 0.6 is 0 Å². The van der Waals surface area contributed by atoms with E-state index in [1.165, 1.54) is 18.2 Å². The van der Waals surface area contributed by atoms with Gasteiger partial charge in [-0.25, -0.2) is 9.59 Å². The largest absolute Gasteiger partial charge is 0.513 e. The molecule has 0 spiro atoms. The Morgan fingerprint density at radius 2 is 1.50 bits per heavy atom. The molecule has 11 nitrogen and oxygen atoms in total. The Labute approximate surface area is 198 Å². The van der Waals surface area contributed by atoms with Gasteiger partial charge in [0.05, 0.1) is 19.3 Å². The summed E-state index contributed by atoms with van der Waals surface area (Å²) in [7, 11) is 0. The average Bonchev–Trinajstić information content (AvgIpc) is 2.72. The zero-order valence-corrected chi connectivity index (χ0v) is 20.1. The summed E-state index contributed by atoms with van der Waals surface area (Å²) in [6.45, 7) is 8.66. The Balaban J connectivity index is 3.28. The molecule has 1 aromatic carbocycles. The smallest absolute Gasteiger partial charge is 0.480 e. The number of hydrogen-bond acceptors (Lipinski definition) is 10. The van der Waals surface area contributed by atoms with Gasteiger partial charge in [0.1, 0.15) is 6.04 Å². The van der Waals surface area contributed by atoms with Gasteiger partial charge in [-0.3, -0.25) is 9.59 Å². The van der Waals surface area contributed by atoms with Crippen LogP contribution in [0.15, 0.2) is 18.2 Å². The van der Waals surface area contributed by atoms with Gasteiger partial charge in [0.15, 0.2) is 11.5 Å². The standard InChI is InChI=1S/C23H33NO10/c1-6-30-22(28)33-17-9-8-15(12-18(17)34-23(29)31-7-2)16(20(24)21(26)27)11-14(5)32-19(25)10-13(3)4/h8-9,12-14,16,20H,6-7,10-11,24H2,1-5H3,(H,26,27)/t14?,16?,20-/m0/s1. The third-order valence-corrected chi connectivity index (χ3v) is 4.52. The number of ether oxygens (including phenoxy) is 5. The van der Waals surface area contributed by atoms with E-state index in [1.54, 1.807) is 20.8 Å². The fourth-order valence-electron chi connectivity index (χ4n) is 3.07. The molecule has 0 radical (unpaired) electrons. The minimum absolute atomic E-state index is 0.0400. The average molecular weight is 484 g/mol. The first kappa shape index (κ1) is 28.7. The van der Waals surface area contributed by atoms with E-state index < -0.39 is 42.3 Å². The van der Waals surface area contributed by atoms with Gasteiger partial charge in [-0.15, -0.1) is 0 Å². The molecule has 0 saturated carbocycles. The maximum atomic E-state index is 12.0. The van der Waals surface area contributed by atoms with Gasteiger partial charge in [0.25, 0.3) is 0 Å². The third-order valence-electron chi connectivity index (χ3n) is 4.52. The summed E-state index contributed by atoms with van der Waals surface area (Å²) < 4.78 is 25.1. The van der Waals surface area contributed by atoms with E-state index in [1.807, 2.05) is 13.8 Å². The van der Waals surface area contributed by atoms with Crippen LogP contribution in [0.2, 0.25) is 0 Å². The van der Waals surface area contributed by atoms with Crippen LogP contribution in [-0.4, -0.2) is 54.7 Å². The molecule has 0 aliphatic carbocycles. The summed E-state index contributed by atoms with van der Waals surface area (Å²) in [6, 6.07) is 2.75. The van der Waals surface area contributed by atoms with Crippen LogP contribution < -0.4 is 15.2 Å². The number of carboxylic acids is 1. The van der Waals surface area contributed by atoms with Crippen LogP contribution in [0.25, 0.3) is 0 Å². The van der Waals surface area contributed by atoms with Crippen LogP contribution in [-0.2, 0) is 23.8 Å². The fraction of sp³-hybridized carbons (Fsp3) is 0.565. The Kier molecular flexibility index (Phi) is 11.8. The Hall–Kier alpha value is -3.34. The van der Waals surface area contributed by atoms with Crippen LogP contribution in [0, 0.1) is 5.92 Å². The molecule has 0 saturated heterocycles. The van der Waals surface area contributed by atoms with E-state index in [4.69, 9.17) is 29.4 Å². The summed E-state index contributed by atoms with van der Waals surface area (Å²) >= 11 is 0. The molecule has 0 amide bonds. The molecule has 0 aliphatic heterocycles. The number of nitrogens with two attached hydrogens (primary N) is 1. The molecule has 1 aromatic rings. The number of benzene rings is 1. The van der Waals surface area contributed by atoms with Gasteiger partial charge in [0, 0.05) is 12.3 Å². The monoisotopic (exact) mass is 483 g/mol. The molecule has 34 heavy (non-hydrogen) atoms. The van der Waals surface area contributed by atoms with Crippen molar-refractivity contribution in [2.24, 2.45) is 11.7 Å². The second kappa shape index (κ2) is 14.0. The maximum absolute atomic E-state index is 12.0. The molecule has 190 valence electrons. The molecular formula is C23H33NO10. The summed E-state index contributed by atoms with van der Waals surface area (Å²) in [5, 5.41) is 9.52. The number of carbonyl (C=O) groups is 4. The number of esters is 1. The van der Waals surface area contributed by atoms with E-state index in [9.17, 15) is 24.3 Å². The lowest BCUT2D eigenvalue weighted by Crippen LogP contribution is -2.38. The molecule has 11 heteroatoms. The Morgan fingerprint density at radius 3 is 2.00 bits per heavy atom. The summed E-state index contributed by atoms with van der Waals surface area (Å²) in [5.74, 6) is -2.75. The highest BCUT2D eigenvalue weighted by Gasteiger charge is 2.30. The van der Waals surface area contributed by atoms with Crippen LogP contribution in [0.4, 0.5) is 9.59 Å². The number of carbonyl (C=O) groups excluding carboxylic acids is 3. The van der Waals surface area contributed by atoms with Crippen molar-refractivity contribution in [1.82, 2.24) is 0 Å². The highest BCUT2D eigenvalue weighted by molar-refractivity contribution is 5.75. The second-order valence-electron chi connectivity index (χ2n) is 7.88. The van der Waals surface area contributed by atoms with E-state index >= 15 is 0 Å². The maximum Gasteiger partial charge on any atom is 0.513 e. The van der Waals surface area contributed by atoms with Crippen molar-refractivity contribution in [2.75, 3.05) is 13.2 Å². The molecule has 0 heterocycles. The second-order valence-corrected chi connectivity index (χ2v) is 7.88. The molecule has 3 atom stereocenters. The predicted octanol–water partition coefficient (Wildman–Crippen LogP) is 3.62. The van der Waals surface area contributed by atoms with Gasteiger partial charge in [-0.2, -0.15) is 0 Å². The topological polar surface area (TPSA) is 161 Å². The van der Waals surface area contributed by atoms with Crippen molar-refractivity contribution < 1.29 is 48.0 Å². The van der Waals surface area contributed by atoms with Crippen molar-refractivity contribution in [3.05, 3.63) is 23.8 Å². The van der Waals surface area contributed by atoms with Gasteiger partial charge in [-0.05, 0) is 50.8 Å². The minimum atomic E-state index is -1.36. The van der Waals surface area contributed by atoms with E-state index in [2.05, 4.69) is 0 Å².